The molecular formula is C18H22N6O4. The molecule has 148 valence electrons. The molecule has 28 heavy (non-hydrogen) atoms. The highest BCUT2D eigenvalue weighted by Crippen LogP contribution is 2.15. The number of carbonyl (C=O) groups excluding carboxylic acids is 2. The highest BCUT2D eigenvalue weighted by Gasteiger charge is 2.07. The molecule has 0 aromatic heterocycles. The number of hydrogen-bond acceptors (Lipinski definition) is 6. The van der Waals surface area contributed by atoms with Crippen molar-refractivity contribution < 1.29 is 20.0 Å². The number of anilines is 2. The zero-order chi connectivity index (χ0) is 21.1. The van der Waals surface area contributed by atoms with E-state index in [2.05, 4.69) is 20.9 Å². The fraction of sp³-hybridized carbons (Fsp3) is 0.111. The van der Waals surface area contributed by atoms with Gasteiger partial charge in [-0.2, -0.15) is 0 Å². The van der Waals surface area contributed by atoms with Gasteiger partial charge in [0.2, 0.25) is 11.8 Å². The Labute approximate surface area is 161 Å². The maximum Gasteiger partial charge on any atom is 0.221 e. The van der Waals surface area contributed by atoms with E-state index in [0.29, 0.717) is 22.5 Å². The Balaban J connectivity index is 0.000000280. The van der Waals surface area contributed by atoms with Crippen LogP contribution in [0.25, 0.3) is 0 Å². The summed E-state index contributed by atoms with van der Waals surface area (Å²) in [7, 11) is 0. The topological polar surface area (TPSA) is 175 Å². The van der Waals surface area contributed by atoms with Gasteiger partial charge in [0.25, 0.3) is 0 Å². The van der Waals surface area contributed by atoms with Crippen LogP contribution in [0.3, 0.4) is 0 Å². The van der Waals surface area contributed by atoms with Gasteiger partial charge in [-0.1, -0.05) is 34.6 Å². The van der Waals surface area contributed by atoms with Crippen LogP contribution in [0.4, 0.5) is 11.4 Å². The van der Waals surface area contributed by atoms with E-state index < -0.39 is 0 Å². The van der Waals surface area contributed by atoms with Gasteiger partial charge >= 0.3 is 0 Å². The van der Waals surface area contributed by atoms with Gasteiger partial charge in [0.05, 0.1) is 11.4 Å². The molecule has 10 nitrogen and oxygen atoms in total. The zero-order valence-electron chi connectivity index (χ0n) is 15.4. The predicted octanol–water partition coefficient (Wildman–Crippen LogP) is 1.48. The minimum Gasteiger partial charge on any atom is -0.409 e. The van der Waals surface area contributed by atoms with Gasteiger partial charge in [-0.25, -0.2) is 0 Å². The molecule has 2 amide bonds. The summed E-state index contributed by atoms with van der Waals surface area (Å²) in [6.07, 6.45) is 0. The van der Waals surface area contributed by atoms with Gasteiger partial charge in [0.15, 0.2) is 11.7 Å². The summed E-state index contributed by atoms with van der Waals surface area (Å²) >= 11 is 0. The number of hydrogen-bond donors (Lipinski definition) is 6. The van der Waals surface area contributed by atoms with E-state index in [1.165, 1.54) is 13.8 Å². The second kappa shape index (κ2) is 10.8. The molecule has 0 aliphatic rings. The average Bonchev–Trinajstić information content (AvgIpc) is 2.67. The van der Waals surface area contributed by atoms with Crippen molar-refractivity contribution in [1.29, 1.82) is 0 Å². The fourth-order valence-corrected chi connectivity index (χ4v) is 2.12. The van der Waals surface area contributed by atoms with Crippen molar-refractivity contribution in [3.8, 4) is 0 Å². The second-order valence-electron chi connectivity index (χ2n) is 5.42. The molecule has 0 bridgehead atoms. The van der Waals surface area contributed by atoms with Crippen LogP contribution in [0.15, 0.2) is 58.8 Å². The molecule has 0 saturated heterocycles. The summed E-state index contributed by atoms with van der Waals surface area (Å²) in [4.78, 5) is 21.6. The van der Waals surface area contributed by atoms with E-state index in [-0.39, 0.29) is 23.5 Å². The van der Waals surface area contributed by atoms with Gasteiger partial charge in [0.1, 0.15) is 0 Å². The quantitative estimate of drug-likeness (QED) is 0.201. The number of amidine groups is 2. The lowest BCUT2D eigenvalue weighted by molar-refractivity contribution is -0.115. The van der Waals surface area contributed by atoms with Crippen molar-refractivity contribution in [2.45, 2.75) is 13.8 Å². The van der Waals surface area contributed by atoms with Crippen LogP contribution in [-0.2, 0) is 9.59 Å². The molecule has 0 aliphatic carbocycles. The third kappa shape index (κ3) is 6.67. The monoisotopic (exact) mass is 386 g/mol. The van der Waals surface area contributed by atoms with E-state index >= 15 is 0 Å². The number of rotatable bonds is 4. The predicted molar refractivity (Wildman–Crippen MR) is 107 cm³/mol. The molecule has 0 aliphatic heterocycles. The number of nitrogens with two attached hydrogens (primary N) is 2. The first-order valence-corrected chi connectivity index (χ1v) is 7.99. The van der Waals surface area contributed by atoms with Crippen LogP contribution < -0.4 is 22.1 Å². The van der Waals surface area contributed by atoms with Crippen molar-refractivity contribution in [3.63, 3.8) is 0 Å². The third-order valence-corrected chi connectivity index (χ3v) is 3.24. The highest BCUT2D eigenvalue weighted by atomic mass is 16.4. The molecular weight excluding hydrogens is 364 g/mol. The van der Waals surface area contributed by atoms with Gasteiger partial charge in [0, 0.05) is 25.0 Å². The van der Waals surface area contributed by atoms with Gasteiger partial charge in [-0.15, -0.1) is 0 Å². The van der Waals surface area contributed by atoms with Crippen molar-refractivity contribution in [1.82, 2.24) is 0 Å². The summed E-state index contributed by atoms with van der Waals surface area (Å²) in [5, 5.41) is 27.9. The van der Waals surface area contributed by atoms with Crippen LogP contribution in [-0.4, -0.2) is 33.9 Å². The summed E-state index contributed by atoms with van der Waals surface area (Å²) in [6.45, 7) is 2.78. The van der Waals surface area contributed by atoms with Crippen LogP contribution in [0.2, 0.25) is 0 Å². The van der Waals surface area contributed by atoms with Gasteiger partial charge in [-0.05, 0) is 24.3 Å². The molecule has 0 radical (unpaired) electrons. The second-order valence-corrected chi connectivity index (χ2v) is 5.42. The Bertz CT molecular complexity index is 822. The minimum absolute atomic E-state index is 0.0330. The standard InChI is InChI=1S/2C9H11N3O2/c2*1-6(13)11-8-5-3-2-4-7(8)9(10)12-14/h2*2-5,14H,1H3,(H2,10,12)(H,11,13). The summed E-state index contributed by atoms with van der Waals surface area (Å²) < 4.78 is 0. The van der Waals surface area contributed by atoms with E-state index in [1.54, 1.807) is 48.5 Å². The lowest BCUT2D eigenvalue weighted by atomic mass is 10.1. The number of nitrogens with one attached hydrogen (secondary N) is 2. The first-order chi connectivity index (χ1) is 13.3. The van der Waals surface area contributed by atoms with Gasteiger partial charge in [-0.3, -0.25) is 9.59 Å². The number of para-hydroxylation sites is 2. The van der Waals surface area contributed by atoms with Crippen LogP contribution >= 0.6 is 0 Å². The zero-order valence-corrected chi connectivity index (χ0v) is 15.4. The molecule has 0 saturated carbocycles. The number of benzene rings is 2. The molecule has 10 heteroatoms. The van der Waals surface area contributed by atoms with E-state index in [1.807, 2.05) is 0 Å². The number of carbonyl (C=O) groups is 2. The Morgan fingerprint density at radius 3 is 1.36 bits per heavy atom. The van der Waals surface area contributed by atoms with Crippen molar-refractivity contribution in [3.05, 3.63) is 59.7 Å². The largest absolute Gasteiger partial charge is 0.409 e. The summed E-state index contributed by atoms with van der Waals surface area (Å²) in [5.41, 5.74) is 12.9. The fourth-order valence-electron chi connectivity index (χ4n) is 2.12. The molecule has 0 spiro atoms. The molecule has 0 heterocycles. The van der Waals surface area contributed by atoms with Crippen molar-refractivity contribution in [2.75, 3.05) is 10.6 Å². The Kier molecular flexibility index (Phi) is 8.48. The SMILES string of the molecule is CC(=O)Nc1ccccc1/C(N)=N/O.CC(=O)Nc1ccccc1/C(N)=N/O. The Morgan fingerprint density at radius 2 is 1.07 bits per heavy atom. The first kappa shape index (κ1) is 22.0. The van der Waals surface area contributed by atoms with Crippen molar-refractivity contribution >= 4 is 34.9 Å². The van der Waals surface area contributed by atoms with E-state index in [0.717, 1.165) is 0 Å². The summed E-state index contributed by atoms with van der Waals surface area (Å²) in [6, 6.07) is 13.6. The van der Waals surface area contributed by atoms with E-state index in [4.69, 9.17) is 21.9 Å². The highest BCUT2D eigenvalue weighted by molar-refractivity contribution is 6.05. The molecule has 8 N–H and O–H groups in total. The Morgan fingerprint density at radius 1 is 0.750 bits per heavy atom. The molecule has 2 aromatic carbocycles. The smallest absolute Gasteiger partial charge is 0.221 e. The number of oxime groups is 2. The molecule has 0 atom stereocenters. The minimum atomic E-state index is -0.205. The van der Waals surface area contributed by atoms with Crippen LogP contribution in [0, 0.1) is 0 Å². The lowest BCUT2D eigenvalue weighted by Crippen LogP contribution is -2.17. The maximum atomic E-state index is 10.8. The molecule has 0 fully saturated rings. The first-order valence-electron chi connectivity index (χ1n) is 7.99. The van der Waals surface area contributed by atoms with Crippen LogP contribution in [0.5, 0.6) is 0 Å². The summed E-state index contributed by atoms with van der Waals surface area (Å²) in [5.74, 6) is -0.477. The normalized spacial score (nSPS) is 11.1. The lowest BCUT2D eigenvalue weighted by Gasteiger charge is -2.07. The maximum absolute atomic E-state index is 10.8. The van der Waals surface area contributed by atoms with Crippen LogP contribution in [0.1, 0.15) is 25.0 Å². The van der Waals surface area contributed by atoms with E-state index in [9.17, 15) is 9.59 Å². The third-order valence-electron chi connectivity index (χ3n) is 3.24. The van der Waals surface area contributed by atoms with Crippen molar-refractivity contribution in [2.24, 2.45) is 21.8 Å². The molecule has 0 unspecified atom stereocenters. The average molecular weight is 386 g/mol. The van der Waals surface area contributed by atoms with Gasteiger partial charge < -0.3 is 32.5 Å². The number of nitrogens with zero attached hydrogens (tertiary/aromatic N) is 2. The number of amides is 2. The molecule has 2 aromatic rings. The molecule has 2 rings (SSSR count). The Hall–Kier alpha value is -4.08.